The predicted octanol–water partition coefficient (Wildman–Crippen LogP) is 4.99. The maximum atomic E-state index is 12.4. The smallest absolute Gasteiger partial charge is 0.368 e. The van der Waals surface area contributed by atoms with Crippen molar-refractivity contribution in [3.05, 3.63) is 11.7 Å². The molecule has 7 heteroatoms. The van der Waals surface area contributed by atoms with E-state index in [4.69, 9.17) is 4.74 Å². The van der Waals surface area contributed by atoms with Crippen molar-refractivity contribution in [2.75, 3.05) is 12.4 Å². The van der Waals surface area contributed by atoms with Gasteiger partial charge in [-0.15, -0.1) is 11.8 Å². The van der Waals surface area contributed by atoms with Crippen LogP contribution in [-0.2, 0) is 4.74 Å². The van der Waals surface area contributed by atoms with Gasteiger partial charge in [0.05, 0.1) is 0 Å². The summed E-state index contributed by atoms with van der Waals surface area (Å²) in [7, 11) is 0. The Morgan fingerprint density at radius 1 is 1.22 bits per heavy atom. The van der Waals surface area contributed by atoms with E-state index in [-0.39, 0.29) is 6.61 Å². The van der Waals surface area contributed by atoms with E-state index < -0.39 is 29.7 Å². The predicted molar refractivity (Wildman–Crippen MR) is 62.7 cm³/mol. The van der Waals surface area contributed by atoms with E-state index in [1.54, 1.807) is 6.92 Å². The van der Waals surface area contributed by atoms with Crippen molar-refractivity contribution in [3.8, 4) is 0 Å². The molecule has 1 unspecified atom stereocenters. The van der Waals surface area contributed by atoms with E-state index in [0.29, 0.717) is 5.75 Å². The molecule has 108 valence electrons. The molecule has 0 bridgehead atoms. The van der Waals surface area contributed by atoms with Gasteiger partial charge in [0.15, 0.2) is 0 Å². The van der Waals surface area contributed by atoms with Crippen LogP contribution in [0, 0.1) is 0 Å². The Bertz CT molecular complexity index is 261. The van der Waals surface area contributed by atoms with Gasteiger partial charge in [0.2, 0.25) is 0 Å². The van der Waals surface area contributed by atoms with Gasteiger partial charge in [0.1, 0.15) is 11.0 Å². The van der Waals surface area contributed by atoms with Crippen molar-refractivity contribution in [1.29, 1.82) is 0 Å². The third kappa shape index (κ3) is 7.20. The molecule has 0 N–H and O–H groups in total. The topological polar surface area (TPSA) is 9.23 Å². The number of rotatable bonds is 8. The van der Waals surface area contributed by atoms with Gasteiger partial charge in [-0.05, 0) is 19.1 Å². The van der Waals surface area contributed by atoms with E-state index >= 15 is 0 Å². The van der Waals surface area contributed by atoms with Crippen LogP contribution in [0.4, 0.5) is 22.0 Å². The minimum absolute atomic E-state index is 0.197. The molecule has 18 heavy (non-hydrogen) atoms. The first kappa shape index (κ1) is 17.7. The molecule has 0 aromatic rings. The maximum Gasteiger partial charge on any atom is 0.417 e. The molecule has 1 atom stereocenters. The first-order valence-electron chi connectivity index (χ1n) is 5.67. The maximum absolute atomic E-state index is 12.4. The number of unbranched alkanes of at least 4 members (excludes halogenated alkanes) is 1. The Hall–Kier alpha value is -0.300. The Balaban J connectivity index is 4.58. The molecule has 0 amide bonds. The highest BCUT2D eigenvalue weighted by Crippen LogP contribution is 2.35. The number of hydrogen-bond donors (Lipinski definition) is 0. The fraction of sp³-hybridized carbons (Fsp3) is 0.818. The highest BCUT2D eigenvalue weighted by molar-refractivity contribution is 7.99. The lowest BCUT2D eigenvalue weighted by Gasteiger charge is -2.19. The van der Waals surface area contributed by atoms with Crippen molar-refractivity contribution < 1.29 is 26.7 Å². The monoisotopic (exact) mass is 292 g/mol. The van der Waals surface area contributed by atoms with Crippen molar-refractivity contribution in [3.63, 3.8) is 0 Å². The van der Waals surface area contributed by atoms with Gasteiger partial charge in [0.25, 0.3) is 6.08 Å². The first-order chi connectivity index (χ1) is 8.32. The fourth-order valence-corrected chi connectivity index (χ4v) is 2.41. The molecule has 0 radical (unpaired) electrons. The van der Waals surface area contributed by atoms with Gasteiger partial charge in [-0.1, -0.05) is 13.3 Å². The van der Waals surface area contributed by atoms with Gasteiger partial charge in [-0.2, -0.15) is 22.0 Å². The summed E-state index contributed by atoms with van der Waals surface area (Å²) in [4.78, 5) is 0. The molecule has 1 nitrogen and oxygen atoms in total. The van der Waals surface area contributed by atoms with Crippen LogP contribution in [-0.4, -0.2) is 24.0 Å². The Kier molecular flexibility index (Phi) is 8.60. The van der Waals surface area contributed by atoms with Gasteiger partial charge in [-0.3, -0.25) is 0 Å². The Morgan fingerprint density at radius 2 is 1.83 bits per heavy atom. The summed E-state index contributed by atoms with van der Waals surface area (Å²) < 4.78 is 66.7. The largest absolute Gasteiger partial charge is 0.417 e. The molecule has 0 rings (SSSR count). The second-order valence-corrected chi connectivity index (χ2v) is 4.82. The van der Waals surface area contributed by atoms with Crippen LogP contribution in [0.5, 0.6) is 0 Å². The standard InChI is InChI=1S/C11H17F5OS/c1-3-5-6-18-9(17-4-2)7-8(10(12)13)11(14,15)16/h9H,3-7H2,1-2H3. The van der Waals surface area contributed by atoms with E-state index in [1.807, 2.05) is 6.92 Å². The normalized spacial score (nSPS) is 13.5. The van der Waals surface area contributed by atoms with Crippen LogP contribution in [0.2, 0.25) is 0 Å². The summed E-state index contributed by atoms with van der Waals surface area (Å²) in [5, 5.41) is 0. The summed E-state index contributed by atoms with van der Waals surface area (Å²) >= 11 is 1.14. The van der Waals surface area contributed by atoms with E-state index in [0.717, 1.165) is 24.6 Å². The minimum Gasteiger partial charge on any atom is -0.368 e. The van der Waals surface area contributed by atoms with Crippen molar-refractivity contribution in [2.45, 2.75) is 44.7 Å². The van der Waals surface area contributed by atoms with Crippen molar-refractivity contribution in [2.24, 2.45) is 0 Å². The Labute approximate surface area is 108 Å². The van der Waals surface area contributed by atoms with Crippen LogP contribution in [0.25, 0.3) is 0 Å². The summed E-state index contributed by atoms with van der Waals surface area (Å²) in [5.41, 5.74) is -2.66. The summed E-state index contributed by atoms with van der Waals surface area (Å²) in [5.74, 6) is 0.597. The number of ether oxygens (including phenoxy) is 1. The van der Waals surface area contributed by atoms with Crippen LogP contribution in [0.15, 0.2) is 11.7 Å². The summed E-state index contributed by atoms with van der Waals surface area (Å²) in [6, 6.07) is 0. The average molecular weight is 292 g/mol. The fourth-order valence-electron chi connectivity index (χ4n) is 1.18. The lowest BCUT2D eigenvalue weighted by atomic mass is 10.2. The van der Waals surface area contributed by atoms with Crippen LogP contribution < -0.4 is 0 Å². The number of halogens is 5. The molecule has 0 saturated heterocycles. The molecule has 0 heterocycles. The SMILES string of the molecule is CCCCSC(CC(=C(F)F)C(F)(F)F)OCC. The number of hydrogen-bond acceptors (Lipinski definition) is 2. The van der Waals surface area contributed by atoms with Gasteiger partial charge >= 0.3 is 6.18 Å². The summed E-state index contributed by atoms with van der Waals surface area (Å²) in [6.45, 7) is 3.76. The van der Waals surface area contributed by atoms with Crippen LogP contribution >= 0.6 is 11.8 Å². The zero-order chi connectivity index (χ0) is 14.2. The van der Waals surface area contributed by atoms with Gasteiger partial charge in [0, 0.05) is 13.0 Å². The van der Waals surface area contributed by atoms with E-state index in [1.165, 1.54) is 0 Å². The van der Waals surface area contributed by atoms with Crippen LogP contribution in [0.3, 0.4) is 0 Å². The molecule has 0 fully saturated rings. The molecule has 0 aromatic heterocycles. The first-order valence-corrected chi connectivity index (χ1v) is 6.72. The molecule has 0 aliphatic rings. The molecule has 0 spiro atoms. The average Bonchev–Trinajstić information content (AvgIpc) is 2.23. The molecule has 0 saturated carbocycles. The van der Waals surface area contributed by atoms with E-state index in [2.05, 4.69) is 0 Å². The number of thioether (sulfide) groups is 1. The molecule has 0 aliphatic heterocycles. The lowest BCUT2D eigenvalue weighted by Crippen LogP contribution is -2.20. The summed E-state index contributed by atoms with van der Waals surface area (Å²) in [6.07, 6.45) is -6.78. The molecular formula is C11H17F5OS. The molecular weight excluding hydrogens is 275 g/mol. The zero-order valence-corrected chi connectivity index (χ0v) is 11.1. The highest BCUT2D eigenvalue weighted by Gasteiger charge is 2.39. The molecule has 0 aromatic carbocycles. The lowest BCUT2D eigenvalue weighted by molar-refractivity contribution is -0.100. The minimum atomic E-state index is -5.00. The quantitative estimate of drug-likeness (QED) is 0.354. The van der Waals surface area contributed by atoms with Crippen molar-refractivity contribution >= 4 is 11.8 Å². The molecule has 0 aliphatic carbocycles. The second kappa shape index (κ2) is 8.74. The Morgan fingerprint density at radius 3 is 2.22 bits per heavy atom. The third-order valence-electron chi connectivity index (χ3n) is 2.10. The second-order valence-electron chi connectivity index (χ2n) is 3.55. The van der Waals surface area contributed by atoms with Gasteiger partial charge in [-0.25, -0.2) is 0 Å². The van der Waals surface area contributed by atoms with Crippen LogP contribution in [0.1, 0.15) is 33.1 Å². The van der Waals surface area contributed by atoms with Crippen molar-refractivity contribution in [1.82, 2.24) is 0 Å². The third-order valence-corrected chi connectivity index (χ3v) is 3.29. The van der Waals surface area contributed by atoms with E-state index in [9.17, 15) is 22.0 Å². The zero-order valence-electron chi connectivity index (χ0n) is 10.3. The number of alkyl halides is 3. The highest BCUT2D eigenvalue weighted by atomic mass is 32.2. The van der Waals surface area contributed by atoms with Gasteiger partial charge < -0.3 is 4.74 Å².